The molecule has 0 atom stereocenters. The molecule has 0 spiro atoms. The number of hydrogen-bond donors (Lipinski definition) is 0. The smallest absolute Gasteiger partial charge is 0.186 e. The molecule has 0 bridgehead atoms. The summed E-state index contributed by atoms with van der Waals surface area (Å²) in [4.78, 5) is 0.581. The van der Waals surface area contributed by atoms with Gasteiger partial charge >= 0.3 is 0 Å². The summed E-state index contributed by atoms with van der Waals surface area (Å²) in [5.41, 5.74) is 0. The van der Waals surface area contributed by atoms with Crippen LogP contribution in [0.5, 0.6) is 0 Å². The zero-order chi connectivity index (χ0) is 13.9. The molecule has 19 heavy (non-hydrogen) atoms. The molecule has 2 rings (SSSR count). The molecule has 0 unspecified atom stereocenters. The molecular formula is C12H10O3S4. The molecule has 0 aliphatic rings. The van der Waals surface area contributed by atoms with Crippen LogP contribution in [0.25, 0.3) is 0 Å². The average Bonchev–Trinajstić information content (AvgIpc) is 2.40. The van der Waals surface area contributed by atoms with Gasteiger partial charge in [-0.3, -0.25) is 0 Å². The molecule has 0 saturated heterocycles. The van der Waals surface area contributed by atoms with E-state index in [1.54, 1.807) is 60.7 Å². The highest BCUT2D eigenvalue weighted by Crippen LogP contribution is 2.20. The van der Waals surface area contributed by atoms with Crippen molar-refractivity contribution < 1.29 is 12.0 Å². The van der Waals surface area contributed by atoms with Gasteiger partial charge in [0.15, 0.2) is 17.5 Å². The van der Waals surface area contributed by atoms with Gasteiger partial charge in [-0.2, -0.15) is 3.63 Å². The minimum absolute atomic E-state index is 0.290. The summed E-state index contributed by atoms with van der Waals surface area (Å²) >= 11 is 9.84. The minimum Gasteiger partial charge on any atom is -0.223 e. The molecule has 0 heterocycles. The zero-order valence-corrected chi connectivity index (χ0v) is 12.9. The van der Waals surface area contributed by atoms with Gasteiger partial charge in [0, 0.05) is 22.4 Å². The van der Waals surface area contributed by atoms with Crippen molar-refractivity contribution in [2.75, 3.05) is 0 Å². The van der Waals surface area contributed by atoms with Gasteiger partial charge in [-0.25, -0.2) is 8.42 Å². The van der Waals surface area contributed by atoms with E-state index in [-0.39, 0.29) is 0 Å². The van der Waals surface area contributed by atoms with Gasteiger partial charge in [0.05, 0.1) is 9.79 Å². The molecule has 0 aromatic heterocycles. The Hall–Kier alpha value is -0.860. The monoisotopic (exact) mass is 330 g/mol. The summed E-state index contributed by atoms with van der Waals surface area (Å²) in [7, 11) is -6.62. The van der Waals surface area contributed by atoms with Crippen LogP contribution >= 0.6 is 0 Å². The first-order valence-corrected chi connectivity index (χ1v) is 10.0. The van der Waals surface area contributed by atoms with Crippen LogP contribution in [0.15, 0.2) is 70.5 Å². The van der Waals surface area contributed by atoms with Crippen molar-refractivity contribution in [3.8, 4) is 0 Å². The first kappa shape index (κ1) is 14.5. The number of rotatable bonds is 4. The lowest BCUT2D eigenvalue weighted by Crippen LogP contribution is -2.12. The van der Waals surface area contributed by atoms with Gasteiger partial charge in [-0.1, -0.05) is 36.4 Å². The second-order valence-electron chi connectivity index (χ2n) is 3.60. The van der Waals surface area contributed by atoms with E-state index >= 15 is 0 Å². The molecular weight excluding hydrogens is 320 g/mol. The van der Waals surface area contributed by atoms with Crippen LogP contribution in [-0.4, -0.2) is 8.42 Å². The molecule has 2 aromatic rings. The van der Waals surface area contributed by atoms with Crippen LogP contribution in [-0.2, 0) is 43.6 Å². The molecule has 2 aromatic carbocycles. The highest BCUT2D eigenvalue weighted by molar-refractivity contribution is 8.38. The Kier molecular flexibility index (Phi) is 4.32. The predicted molar refractivity (Wildman–Crippen MR) is 81.5 cm³/mol. The van der Waals surface area contributed by atoms with E-state index in [0.29, 0.717) is 9.79 Å². The maximum Gasteiger partial charge on any atom is 0.186 e. The molecule has 0 fully saturated rings. The van der Waals surface area contributed by atoms with Crippen LogP contribution in [0.1, 0.15) is 0 Å². The van der Waals surface area contributed by atoms with Crippen molar-refractivity contribution in [1.29, 1.82) is 0 Å². The van der Waals surface area contributed by atoms with Crippen molar-refractivity contribution in [3.05, 3.63) is 60.7 Å². The SMILES string of the molecule is O=S(=S)(OS(=O)(=S)c1ccccc1)c1ccccc1. The Bertz CT molecular complexity index is 684. The van der Waals surface area contributed by atoms with Gasteiger partial charge in [-0.05, 0) is 24.3 Å². The fraction of sp³-hybridized carbons (Fsp3) is 0. The fourth-order valence-electron chi connectivity index (χ4n) is 1.37. The third-order valence-electron chi connectivity index (χ3n) is 2.24. The quantitative estimate of drug-likeness (QED) is 0.861. The highest BCUT2D eigenvalue weighted by atomic mass is 32.9. The summed E-state index contributed by atoms with van der Waals surface area (Å²) in [6, 6.07) is 16.5. The topological polar surface area (TPSA) is 43.4 Å². The Balaban J connectivity index is 2.37. The molecule has 0 saturated carbocycles. The van der Waals surface area contributed by atoms with Gasteiger partial charge in [0.25, 0.3) is 0 Å². The molecule has 0 aliphatic heterocycles. The highest BCUT2D eigenvalue weighted by Gasteiger charge is 2.20. The Labute approximate surface area is 122 Å². The lowest BCUT2D eigenvalue weighted by Gasteiger charge is -2.10. The number of benzene rings is 2. The zero-order valence-electron chi connectivity index (χ0n) is 9.63. The maximum absolute atomic E-state index is 12.3. The molecule has 7 heteroatoms. The molecule has 3 nitrogen and oxygen atoms in total. The van der Waals surface area contributed by atoms with Gasteiger partial charge in [0.1, 0.15) is 0 Å². The predicted octanol–water partition coefficient (Wildman–Crippen LogP) is 2.44. The van der Waals surface area contributed by atoms with E-state index in [2.05, 4.69) is 0 Å². The van der Waals surface area contributed by atoms with Crippen LogP contribution in [0, 0.1) is 0 Å². The summed E-state index contributed by atoms with van der Waals surface area (Å²) in [6.07, 6.45) is 0. The average molecular weight is 330 g/mol. The first-order chi connectivity index (χ1) is 8.92. The van der Waals surface area contributed by atoms with Crippen molar-refractivity contribution in [1.82, 2.24) is 0 Å². The van der Waals surface area contributed by atoms with E-state index < -0.39 is 17.5 Å². The van der Waals surface area contributed by atoms with Gasteiger partial charge in [0.2, 0.25) is 0 Å². The van der Waals surface area contributed by atoms with Crippen molar-refractivity contribution in [2.45, 2.75) is 9.79 Å². The molecule has 0 N–H and O–H groups in total. The fourth-order valence-corrected chi connectivity index (χ4v) is 6.32. The largest absolute Gasteiger partial charge is 0.223 e. The third-order valence-corrected chi connectivity index (χ3v) is 7.53. The summed E-state index contributed by atoms with van der Waals surface area (Å²) in [5.74, 6) is 0. The molecule has 100 valence electrons. The standard InChI is InChI=1S/C12H10O3S4/c13-18(16,11-7-3-1-4-8-11)15-19(14,17)12-9-5-2-6-10-12/h1-10H. The maximum atomic E-state index is 12.3. The van der Waals surface area contributed by atoms with E-state index in [9.17, 15) is 8.42 Å². The van der Waals surface area contributed by atoms with Crippen LogP contribution in [0.3, 0.4) is 0 Å². The summed E-state index contributed by atoms with van der Waals surface area (Å²) in [6.45, 7) is 0. The third kappa shape index (κ3) is 3.58. The normalized spacial score (nSPS) is 17.3. The lowest BCUT2D eigenvalue weighted by atomic mass is 10.4. The van der Waals surface area contributed by atoms with Crippen molar-refractivity contribution >= 4 is 39.9 Å². The van der Waals surface area contributed by atoms with E-state index in [4.69, 9.17) is 26.0 Å². The van der Waals surface area contributed by atoms with Crippen LogP contribution < -0.4 is 0 Å². The van der Waals surface area contributed by atoms with Crippen molar-refractivity contribution in [2.24, 2.45) is 0 Å². The van der Waals surface area contributed by atoms with E-state index in [1.807, 2.05) is 0 Å². The van der Waals surface area contributed by atoms with E-state index in [1.165, 1.54) is 0 Å². The summed E-state index contributed by atoms with van der Waals surface area (Å²) in [5, 5.41) is 0. The van der Waals surface area contributed by atoms with Crippen molar-refractivity contribution in [3.63, 3.8) is 0 Å². The first-order valence-electron chi connectivity index (χ1n) is 5.23. The Morgan fingerprint density at radius 1 is 0.684 bits per heavy atom. The van der Waals surface area contributed by atoms with E-state index in [0.717, 1.165) is 0 Å². The molecule has 0 aliphatic carbocycles. The molecule has 0 amide bonds. The number of hydrogen-bond acceptors (Lipinski definition) is 5. The van der Waals surface area contributed by atoms with Gasteiger partial charge in [-0.15, -0.1) is 0 Å². The second-order valence-corrected chi connectivity index (χ2v) is 9.54. The van der Waals surface area contributed by atoms with Crippen LogP contribution in [0.2, 0.25) is 0 Å². The molecule has 0 radical (unpaired) electrons. The van der Waals surface area contributed by atoms with Crippen LogP contribution in [0.4, 0.5) is 0 Å². The Morgan fingerprint density at radius 3 is 1.32 bits per heavy atom. The van der Waals surface area contributed by atoms with Gasteiger partial charge < -0.3 is 0 Å². The lowest BCUT2D eigenvalue weighted by molar-refractivity contribution is 0.561. The summed E-state index contributed by atoms with van der Waals surface area (Å²) < 4.78 is 29.7. The second kappa shape index (κ2) is 5.64. The Morgan fingerprint density at radius 2 is 1.00 bits per heavy atom. The minimum atomic E-state index is -3.31.